The van der Waals surface area contributed by atoms with Crippen LogP contribution in [0.3, 0.4) is 0 Å². The minimum absolute atomic E-state index is 0.00406. The van der Waals surface area contributed by atoms with E-state index in [-0.39, 0.29) is 29.4 Å². The number of aromatic nitrogens is 2. The van der Waals surface area contributed by atoms with Crippen molar-refractivity contribution in [3.63, 3.8) is 0 Å². The first-order valence-electron chi connectivity index (χ1n) is 11.4. The van der Waals surface area contributed by atoms with Crippen molar-refractivity contribution >= 4 is 63.2 Å². The molecule has 3 N–H and O–H groups in total. The molecule has 1 aliphatic heterocycles. The molecule has 8 nitrogen and oxygen atoms in total. The molecule has 1 unspecified atom stereocenters. The van der Waals surface area contributed by atoms with Crippen LogP contribution in [0.25, 0.3) is 11.0 Å². The first-order chi connectivity index (χ1) is 17.5. The lowest BCUT2D eigenvalue weighted by Crippen LogP contribution is -2.45. The zero-order valence-electron chi connectivity index (χ0n) is 19.1. The number of hydrazine groups is 1. The zero-order chi connectivity index (χ0) is 25.1. The summed E-state index contributed by atoms with van der Waals surface area (Å²) >= 11 is 11.3. The third-order valence-corrected chi connectivity index (χ3v) is 6.42. The second kappa shape index (κ2) is 10.3. The first kappa shape index (κ1) is 23.8. The number of rotatable bonds is 5. The number of amides is 2. The molecule has 2 heterocycles. The Balaban J connectivity index is 1.31. The summed E-state index contributed by atoms with van der Waals surface area (Å²) in [6.45, 7) is 0.483. The molecule has 0 spiro atoms. The highest BCUT2D eigenvalue weighted by atomic mass is 35.5. The number of hydrogen-bond donors (Lipinski definition) is 3. The number of nitrogens with zero attached hydrogens (tertiary/aromatic N) is 3. The Kier molecular flexibility index (Phi) is 6.84. The van der Waals surface area contributed by atoms with Crippen LogP contribution < -0.4 is 21.1 Å². The Hall–Kier alpha value is -3.95. The molecular weight excluding hydrogens is 496 g/mol. The normalized spacial score (nSPS) is 15.2. The van der Waals surface area contributed by atoms with Gasteiger partial charge < -0.3 is 14.8 Å². The first-order valence-corrected chi connectivity index (χ1v) is 12.2. The predicted molar refractivity (Wildman–Crippen MR) is 145 cm³/mol. The minimum Gasteiger partial charge on any atom is -0.331 e. The van der Waals surface area contributed by atoms with E-state index in [0.717, 1.165) is 22.4 Å². The zero-order valence-corrected chi connectivity index (χ0v) is 20.7. The Bertz CT molecular complexity index is 1420. The predicted octanol–water partition coefficient (Wildman–Crippen LogP) is 4.23. The number of fused-ring (bicyclic) bond motifs is 1. The molecule has 1 aromatic heterocycles. The number of thiocarbonyl (C=S) groups is 1. The molecule has 5 rings (SSSR count). The van der Waals surface area contributed by atoms with E-state index in [2.05, 4.69) is 16.2 Å². The highest BCUT2D eigenvalue weighted by Gasteiger charge is 2.35. The number of para-hydroxylation sites is 3. The molecule has 182 valence electrons. The van der Waals surface area contributed by atoms with Crippen LogP contribution in [0, 0.1) is 0 Å². The monoisotopic (exact) mass is 518 g/mol. The Morgan fingerprint density at radius 1 is 1.00 bits per heavy atom. The summed E-state index contributed by atoms with van der Waals surface area (Å²) in [6, 6.07) is 24.2. The van der Waals surface area contributed by atoms with Gasteiger partial charge >= 0.3 is 0 Å². The molecule has 10 heteroatoms. The van der Waals surface area contributed by atoms with Crippen molar-refractivity contribution in [2.24, 2.45) is 0 Å². The quantitative estimate of drug-likeness (QED) is 0.270. The Labute approximate surface area is 218 Å². The lowest BCUT2D eigenvalue weighted by atomic mass is 10.1. The molecule has 4 aromatic rings. The number of imidazole rings is 1. The molecule has 1 aliphatic rings. The molecule has 1 fully saturated rings. The van der Waals surface area contributed by atoms with Crippen LogP contribution in [0.15, 0.2) is 78.9 Å². The van der Waals surface area contributed by atoms with E-state index >= 15 is 0 Å². The largest absolute Gasteiger partial charge is 0.331 e. The highest BCUT2D eigenvalue weighted by Crippen LogP contribution is 2.33. The topological polar surface area (TPSA) is 91.3 Å². The maximum absolute atomic E-state index is 12.9. The molecule has 1 atom stereocenters. The third kappa shape index (κ3) is 5.17. The SMILES string of the molecule is O=C(Cn1c(C2CC(=O)N(c3ccc(Cl)cc3)C2)nc2ccccc21)NNC(=S)Nc1ccccc1. The van der Waals surface area contributed by atoms with Gasteiger partial charge in [-0.3, -0.25) is 20.4 Å². The van der Waals surface area contributed by atoms with Crippen LogP contribution in [0.4, 0.5) is 11.4 Å². The van der Waals surface area contributed by atoms with Crippen LogP contribution in [0.2, 0.25) is 5.02 Å². The summed E-state index contributed by atoms with van der Waals surface area (Å²) in [6.07, 6.45) is 0.302. The van der Waals surface area contributed by atoms with Crippen LogP contribution in [-0.2, 0) is 16.1 Å². The smallest absolute Gasteiger partial charge is 0.258 e. The number of anilines is 2. The second-order valence-corrected chi connectivity index (χ2v) is 9.26. The van der Waals surface area contributed by atoms with E-state index in [1.165, 1.54) is 0 Å². The van der Waals surface area contributed by atoms with Crippen molar-refractivity contribution in [1.82, 2.24) is 20.4 Å². The van der Waals surface area contributed by atoms with Gasteiger partial charge in [0.05, 0.1) is 11.0 Å². The number of benzene rings is 3. The van der Waals surface area contributed by atoms with Crippen molar-refractivity contribution in [3.05, 3.63) is 89.7 Å². The summed E-state index contributed by atoms with van der Waals surface area (Å²) in [4.78, 5) is 32.3. The number of hydrogen-bond acceptors (Lipinski definition) is 4. The van der Waals surface area contributed by atoms with Crippen molar-refractivity contribution in [2.45, 2.75) is 18.9 Å². The van der Waals surface area contributed by atoms with E-state index in [1.54, 1.807) is 17.0 Å². The van der Waals surface area contributed by atoms with E-state index in [1.807, 2.05) is 71.3 Å². The molecule has 0 radical (unpaired) electrons. The van der Waals surface area contributed by atoms with Crippen molar-refractivity contribution < 1.29 is 9.59 Å². The van der Waals surface area contributed by atoms with Crippen LogP contribution in [0.1, 0.15) is 18.2 Å². The summed E-state index contributed by atoms with van der Waals surface area (Å²) in [5.41, 5.74) is 8.57. The van der Waals surface area contributed by atoms with Gasteiger partial charge in [0.1, 0.15) is 12.4 Å². The second-order valence-electron chi connectivity index (χ2n) is 8.42. The number of carbonyl (C=O) groups is 2. The van der Waals surface area contributed by atoms with Crippen molar-refractivity contribution in [3.8, 4) is 0 Å². The molecule has 2 amide bonds. The number of halogens is 1. The standard InChI is InChI=1S/C26H23ClN6O2S/c27-18-10-12-20(13-11-18)32-15-17(14-24(32)35)25-29-21-8-4-5-9-22(21)33(25)16-23(34)30-31-26(36)28-19-6-2-1-3-7-19/h1-13,17H,14-16H2,(H,30,34)(H2,28,31,36). The average molecular weight is 519 g/mol. The van der Waals surface area contributed by atoms with Gasteiger partial charge in [-0.1, -0.05) is 41.9 Å². The van der Waals surface area contributed by atoms with Gasteiger partial charge in [-0.25, -0.2) is 4.98 Å². The van der Waals surface area contributed by atoms with E-state index in [0.29, 0.717) is 23.8 Å². The van der Waals surface area contributed by atoms with Gasteiger partial charge in [-0.05, 0) is 60.7 Å². The van der Waals surface area contributed by atoms with E-state index in [9.17, 15) is 9.59 Å². The lowest BCUT2D eigenvalue weighted by Gasteiger charge is -2.18. The van der Waals surface area contributed by atoms with Gasteiger partial charge in [0.2, 0.25) is 5.91 Å². The summed E-state index contributed by atoms with van der Waals surface area (Å²) < 4.78 is 1.86. The molecule has 1 saturated heterocycles. The summed E-state index contributed by atoms with van der Waals surface area (Å²) in [7, 11) is 0. The van der Waals surface area contributed by atoms with Gasteiger partial charge in [0.15, 0.2) is 5.11 Å². The highest BCUT2D eigenvalue weighted by molar-refractivity contribution is 7.80. The number of carbonyl (C=O) groups excluding carboxylic acids is 2. The van der Waals surface area contributed by atoms with Gasteiger partial charge in [0, 0.05) is 35.3 Å². The molecule has 3 aromatic carbocycles. The number of nitrogens with one attached hydrogen (secondary N) is 3. The molecular formula is C26H23ClN6O2S. The Morgan fingerprint density at radius 2 is 1.72 bits per heavy atom. The van der Waals surface area contributed by atoms with Gasteiger partial charge in [-0.15, -0.1) is 0 Å². The van der Waals surface area contributed by atoms with Gasteiger partial charge in [-0.2, -0.15) is 0 Å². The molecule has 0 saturated carbocycles. The fraction of sp³-hybridized carbons (Fsp3) is 0.154. The lowest BCUT2D eigenvalue weighted by molar-refractivity contribution is -0.122. The molecule has 0 aliphatic carbocycles. The van der Waals surface area contributed by atoms with E-state index in [4.69, 9.17) is 28.8 Å². The van der Waals surface area contributed by atoms with Crippen LogP contribution in [-0.4, -0.2) is 33.0 Å². The van der Waals surface area contributed by atoms with Crippen molar-refractivity contribution in [2.75, 3.05) is 16.8 Å². The van der Waals surface area contributed by atoms with Crippen LogP contribution >= 0.6 is 23.8 Å². The fourth-order valence-electron chi connectivity index (χ4n) is 4.32. The van der Waals surface area contributed by atoms with Crippen molar-refractivity contribution in [1.29, 1.82) is 0 Å². The van der Waals surface area contributed by atoms with E-state index < -0.39 is 0 Å². The maximum Gasteiger partial charge on any atom is 0.258 e. The molecule has 36 heavy (non-hydrogen) atoms. The fourth-order valence-corrected chi connectivity index (χ4v) is 4.61. The maximum atomic E-state index is 12.9. The average Bonchev–Trinajstić information content (AvgIpc) is 3.44. The summed E-state index contributed by atoms with van der Waals surface area (Å²) in [5, 5.41) is 3.89. The van der Waals surface area contributed by atoms with Crippen LogP contribution in [0.5, 0.6) is 0 Å². The summed E-state index contributed by atoms with van der Waals surface area (Å²) in [5.74, 6) is 0.239. The Morgan fingerprint density at radius 3 is 2.50 bits per heavy atom. The molecule has 0 bridgehead atoms. The minimum atomic E-state index is -0.296. The van der Waals surface area contributed by atoms with Gasteiger partial charge in [0.25, 0.3) is 5.91 Å². The third-order valence-electron chi connectivity index (χ3n) is 5.96.